The molecule has 0 aliphatic rings. The summed E-state index contributed by atoms with van der Waals surface area (Å²) in [7, 11) is 1.63. The Balaban J connectivity index is 1.71. The smallest absolute Gasteiger partial charge is 0.234 e. The highest BCUT2D eigenvalue weighted by Crippen LogP contribution is 2.27. The first kappa shape index (κ1) is 19.3. The van der Waals surface area contributed by atoms with Gasteiger partial charge in [0.05, 0.1) is 23.6 Å². The Morgan fingerprint density at radius 2 is 2.04 bits per heavy atom. The van der Waals surface area contributed by atoms with Crippen molar-refractivity contribution in [2.45, 2.75) is 18.6 Å². The maximum absolute atomic E-state index is 12.2. The Kier molecular flexibility index (Phi) is 6.36. The molecule has 140 valence electrons. The minimum Gasteiger partial charge on any atom is -0.497 e. The van der Waals surface area contributed by atoms with E-state index in [1.165, 1.54) is 11.8 Å². The molecule has 2 aromatic carbocycles. The molecular weight excluding hydrogens is 384 g/mol. The summed E-state index contributed by atoms with van der Waals surface area (Å²) < 4.78 is 7.25. The second-order valence-corrected chi connectivity index (χ2v) is 6.95. The maximum atomic E-state index is 12.2. The van der Waals surface area contributed by atoms with Gasteiger partial charge in [-0.15, -0.1) is 10.2 Å². The average Bonchev–Trinajstić information content (AvgIpc) is 3.11. The van der Waals surface area contributed by atoms with E-state index < -0.39 is 0 Å². The van der Waals surface area contributed by atoms with Gasteiger partial charge in [0.2, 0.25) is 5.91 Å². The number of hydrogen-bond acceptors (Lipinski definition) is 5. The number of ether oxygens (including phenoxy) is 1. The number of hydrogen-bond donors (Lipinski definition) is 1. The summed E-state index contributed by atoms with van der Waals surface area (Å²) in [5.41, 5.74) is 1.51. The zero-order chi connectivity index (χ0) is 19.2. The van der Waals surface area contributed by atoms with E-state index in [0.717, 1.165) is 17.1 Å². The highest BCUT2D eigenvalue weighted by atomic mass is 35.5. The normalized spacial score (nSPS) is 10.6. The topological polar surface area (TPSA) is 69.0 Å². The van der Waals surface area contributed by atoms with Crippen molar-refractivity contribution in [1.82, 2.24) is 14.8 Å². The Morgan fingerprint density at radius 3 is 2.78 bits per heavy atom. The minimum absolute atomic E-state index is 0.151. The van der Waals surface area contributed by atoms with Gasteiger partial charge in [-0.05, 0) is 31.2 Å². The van der Waals surface area contributed by atoms with E-state index >= 15 is 0 Å². The van der Waals surface area contributed by atoms with Crippen molar-refractivity contribution in [2.24, 2.45) is 0 Å². The molecule has 6 nitrogen and oxygen atoms in total. The lowest BCUT2D eigenvalue weighted by Gasteiger charge is -2.09. The van der Waals surface area contributed by atoms with Crippen molar-refractivity contribution >= 4 is 35.0 Å². The van der Waals surface area contributed by atoms with Gasteiger partial charge < -0.3 is 14.6 Å². The number of rotatable bonds is 7. The van der Waals surface area contributed by atoms with Crippen LogP contribution in [0.15, 0.2) is 53.7 Å². The second-order valence-electron chi connectivity index (χ2n) is 5.60. The zero-order valence-corrected chi connectivity index (χ0v) is 16.5. The molecule has 0 fully saturated rings. The van der Waals surface area contributed by atoms with Crippen molar-refractivity contribution in [3.63, 3.8) is 0 Å². The third kappa shape index (κ3) is 4.61. The largest absolute Gasteiger partial charge is 0.497 e. The summed E-state index contributed by atoms with van der Waals surface area (Å²) in [4.78, 5) is 12.2. The molecule has 0 atom stereocenters. The first-order valence-corrected chi connectivity index (χ1v) is 9.73. The van der Waals surface area contributed by atoms with E-state index in [0.29, 0.717) is 22.4 Å². The average molecular weight is 403 g/mol. The third-order valence-corrected chi connectivity index (χ3v) is 5.14. The van der Waals surface area contributed by atoms with Crippen LogP contribution in [-0.2, 0) is 11.3 Å². The molecule has 0 bridgehead atoms. The van der Waals surface area contributed by atoms with Crippen LogP contribution < -0.4 is 10.1 Å². The predicted molar refractivity (Wildman–Crippen MR) is 108 cm³/mol. The van der Waals surface area contributed by atoms with E-state index in [9.17, 15) is 4.79 Å². The number of benzene rings is 2. The van der Waals surface area contributed by atoms with E-state index in [-0.39, 0.29) is 11.7 Å². The second kappa shape index (κ2) is 8.92. The highest BCUT2D eigenvalue weighted by Gasteiger charge is 2.15. The van der Waals surface area contributed by atoms with Gasteiger partial charge in [0.1, 0.15) is 5.75 Å². The van der Waals surface area contributed by atoms with E-state index in [1.807, 2.05) is 47.9 Å². The molecule has 0 unspecified atom stereocenters. The van der Waals surface area contributed by atoms with Crippen molar-refractivity contribution in [3.8, 4) is 17.1 Å². The fourth-order valence-corrected chi connectivity index (χ4v) is 3.52. The molecule has 0 aliphatic carbocycles. The molecule has 0 saturated carbocycles. The standard InChI is InChI=1S/C19H19ClN4O2S/c1-3-24-18(13-7-6-8-14(11-13)26-2)22-23-19(24)27-12-17(25)21-16-10-5-4-9-15(16)20/h4-11H,3,12H2,1-2H3,(H,21,25). The molecule has 1 amide bonds. The van der Waals surface area contributed by atoms with Gasteiger partial charge >= 0.3 is 0 Å². The van der Waals surface area contributed by atoms with E-state index in [1.54, 1.807) is 19.2 Å². The fourth-order valence-electron chi connectivity index (χ4n) is 2.54. The summed E-state index contributed by atoms with van der Waals surface area (Å²) in [5.74, 6) is 1.56. The SMILES string of the molecule is CCn1c(SCC(=O)Nc2ccccc2Cl)nnc1-c1cccc(OC)c1. The van der Waals surface area contributed by atoms with Crippen molar-refractivity contribution < 1.29 is 9.53 Å². The van der Waals surface area contributed by atoms with Crippen molar-refractivity contribution in [2.75, 3.05) is 18.2 Å². The molecule has 0 saturated heterocycles. The molecule has 3 rings (SSSR count). The van der Waals surface area contributed by atoms with Gasteiger partial charge in [-0.1, -0.05) is 47.6 Å². The van der Waals surface area contributed by atoms with Crippen molar-refractivity contribution in [3.05, 3.63) is 53.6 Å². The van der Waals surface area contributed by atoms with Crippen LogP contribution in [0.3, 0.4) is 0 Å². The van der Waals surface area contributed by atoms with Crippen LogP contribution >= 0.6 is 23.4 Å². The minimum atomic E-state index is -0.151. The molecule has 8 heteroatoms. The van der Waals surface area contributed by atoms with Crippen molar-refractivity contribution in [1.29, 1.82) is 0 Å². The molecule has 0 radical (unpaired) electrons. The quantitative estimate of drug-likeness (QED) is 0.594. The Hall–Kier alpha value is -2.51. The lowest BCUT2D eigenvalue weighted by Crippen LogP contribution is -2.15. The number of anilines is 1. The number of thioether (sulfide) groups is 1. The summed E-state index contributed by atoms with van der Waals surface area (Å²) in [6.07, 6.45) is 0. The molecule has 0 aliphatic heterocycles. The van der Waals surface area contributed by atoms with Gasteiger partial charge in [-0.25, -0.2) is 0 Å². The van der Waals surface area contributed by atoms with Crippen LogP contribution in [0.1, 0.15) is 6.92 Å². The van der Waals surface area contributed by atoms with Crippen LogP contribution in [-0.4, -0.2) is 33.5 Å². The zero-order valence-electron chi connectivity index (χ0n) is 15.0. The van der Waals surface area contributed by atoms with Gasteiger partial charge in [0.15, 0.2) is 11.0 Å². The fraction of sp³-hybridized carbons (Fsp3) is 0.211. The number of nitrogens with one attached hydrogen (secondary N) is 1. The first-order valence-electron chi connectivity index (χ1n) is 8.37. The molecule has 27 heavy (non-hydrogen) atoms. The van der Waals surface area contributed by atoms with Crippen LogP contribution in [0.4, 0.5) is 5.69 Å². The summed E-state index contributed by atoms with van der Waals surface area (Å²) in [6, 6.07) is 14.8. The molecule has 1 N–H and O–H groups in total. The molecule has 1 aromatic heterocycles. The Labute approximate surface area is 166 Å². The third-order valence-electron chi connectivity index (χ3n) is 3.84. The highest BCUT2D eigenvalue weighted by molar-refractivity contribution is 7.99. The lowest BCUT2D eigenvalue weighted by atomic mass is 10.2. The predicted octanol–water partition coefficient (Wildman–Crippen LogP) is 4.36. The number of carbonyl (C=O) groups excluding carboxylic acids is 1. The number of para-hydroxylation sites is 1. The number of amides is 1. The Morgan fingerprint density at radius 1 is 1.22 bits per heavy atom. The number of aromatic nitrogens is 3. The van der Waals surface area contributed by atoms with Crippen LogP contribution in [0.25, 0.3) is 11.4 Å². The molecule has 1 heterocycles. The number of halogens is 1. The molecular formula is C19H19ClN4O2S. The number of carbonyl (C=O) groups is 1. The molecule has 3 aromatic rings. The van der Waals surface area contributed by atoms with E-state index in [4.69, 9.17) is 16.3 Å². The summed E-state index contributed by atoms with van der Waals surface area (Å²) >= 11 is 7.40. The summed E-state index contributed by atoms with van der Waals surface area (Å²) in [5, 5.41) is 12.5. The summed E-state index contributed by atoms with van der Waals surface area (Å²) in [6.45, 7) is 2.70. The molecule has 0 spiro atoms. The van der Waals surface area contributed by atoms with Gasteiger partial charge in [0, 0.05) is 12.1 Å². The lowest BCUT2D eigenvalue weighted by molar-refractivity contribution is -0.113. The monoisotopic (exact) mass is 402 g/mol. The number of methoxy groups -OCH3 is 1. The first-order chi connectivity index (χ1) is 13.1. The van der Waals surface area contributed by atoms with Crippen LogP contribution in [0.5, 0.6) is 5.75 Å². The maximum Gasteiger partial charge on any atom is 0.234 e. The van der Waals surface area contributed by atoms with Gasteiger partial charge in [0.25, 0.3) is 0 Å². The van der Waals surface area contributed by atoms with Crippen LogP contribution in [0.2, 0.25) is 5.02 Å². The van der Waals surface area contributed by atoms with Gasteiger partial charge in [-0.2, -0.15) is 0 Å². The van der Waals surface area contributed by atoms with E-state index in [2.05, 4.69) is 15.5 Å². The number of nitrogens with zero attached hydrogens (tertiary/aromatic N) is 3. The van der Waals surface area contributed by atoms with Crippen LogP contribution in [0, 0.1) is 0 Å². The Bertz CT molecular complexity index is 945. The van der Waals surface area contributed by atoms with Gasteiger partial charge in [-0.3, -0.25) is 4.79 Å².